The molecule has 0 fully saturated rings. The minimum absolute atomic E-state index is 0.0529. The Balaban J connectivity index is 2.27. The Morgan fingerprint density at radius 3 is 2.56 bits per heavy atom. The molecule has 0 aliphatic rings. The lowest BCUT2D eigenvalue weighted by Crippen LogP contribution is -2.20. The van der Waals surface area contributed by atoms with Gasteiger partial charge < -0.3 is 15.2 Å². The first-order chi connectivity index (χ1) is 11.9. The van der Waals surface area contributed by atoms with Crippen molar-refractivity contribution in [3.05, 3.63) is 46.8 Å². The van der Waals surface area contributed by atoms with Crippen LogP contribution in [0.2, 0.25) is 0 Å². The summed E-state index contributed by atoms with van der Waals surface area (Å²) in [5, 5.41) is 0.0529. The smallest absolute Gasteiger partial charge is 0.190 e. The Kier molecular flexibility index (Phi) is 6.14. The van der Waals surface area contributed by atoms with E-state index in [-0.39, 0.29) is 10.9 Å². The van der Waals surface area contributed by atoms with Crippen molar-refractivity contribution in [2.45, 2.75) is 26.5 Å². The van der Waals surface area contributed by atoms with E-state index >= 15 is 0 Å². The van der Waals surface area contributed by atoms with E-state index in [2.05, 4.69) is 9.98 Å². The van der Waals surface area contributed by atoms with Gasteiger partial charge in [-0.2, -0.15) is 0 Å². The van der Waals surface area contributed by atoms with Crippen LogP contribution in [-0.4, -0.2) is 28.6 Å². The van der Waals surface area contributed by atoms with Crippen molar-refractivity contribution in [3.63, 3.8) is 0 Å². The largest absolute Gasteiger partial charge is 0.497 e. The first-order valence-corrected chi connectivity index (χ1v) is 9.05. The number of aliphatic imine (C=N–C) groups is 1. The number of rotatable bonds is 5. The van der Waals surface area contributed by atoms with Crippen LogP contribution < -0.4 is 15.2 Å². The normalized spacial score (nSPS) is 12.8. The fourth-order valence-electron chi connectivity index (χ4n) is 2.42. The van der Waals surface area contributed by atoms with Crippen LogP contribution in [0.25, 0.3) is 0 Å². The summed E-state index contributed by atoms with van der Waals surface area (Å²) >= 11 is 0. The number of nitrogens with two attached hydrogens (primary N) is 1. The molecule has 1 aromatic heterocycles. The zero-order valence-corrected chi connectivity index (χ0v) is 15.9. The molecule has 0 spiro atoms. The van der Waals surface area contributed by atoms with E-state index in [1.54, 1.807) is 26.5 Å². The van der Waals surface area contributed by atoms with Crippen LogP contribution in [0.15, 0.2) is 29.4 Å². The van der Waals surface area contributed by atoms with Gasteiger partial charge in [0.1, 0.15) is 11.5 Å². The predicted octanol–water partition coefficient (Wildman–Crippen LogP) is 2.92. The molecule has 134 valence electrons. The Bertz CT molecular complexity index is 835. The van der Waals surface area contributed by atoms with E-state index in [1.807, 2.05) is 32.9 Å². The van der Waals surface area contributed by atoms with Gasteiger partial charge in [0.25, 0.3) is 0 Å². The van der Waals surface area contributed by atoms with Crippen LogP contribution in [0.1, 0.15) is 22.4 Å². The van der Waals surface area contributed by atoms with E-state index in [4.69, 9.17) is 15.2 Å². The van der Waals surface area contributed by atoms with Crippen LogP contribution in [0.3, 0.4) is 0 Å². The van der Waals surface area contributed by atoms with Gasteiger partial charge in [-0.15, -0.1) is 0 Å². The van der Waals surface area contributed by atoms with E-state index in [9.17, 15) is 4.21 Å². The highest BCUT2D eigenvalue weighted by molar-refractivity contribution is 7.99. The van der Waals surface area contributed by atoms with Gasteiger partial charge in [0.05, 0.1) is 42.2 Å². The SMILES string of the molecule is COc1ccc(C)c(N=C(N)S(=O)Cc2ncc(C)c(OC)c2C)c1. The molecule has 0 aliphatic carbocycles. The molecule has 2 aromatic rings. The van der Waals surface area contributed by atoms with Crippen molar-refractivity contribution in [3.8, 4) is 11.5 Å². The maximum atomic E-state index is 12.6. The standard InChI is InChI=1S/C18H23N3O3S/c1-11-6-7-14(23-4)8-15(11)21-18(19)25(22)10-16-13(3)17(24-5)12(2)9-20-16/h6-9H,10H2,1-5H3,(H2,19,21). The molecule has 0 amide bonds. The van der Waals surface area contributed by atoms with Gasteiger partial charge in [0.15, 0.2) is 5.17 Å². The van der Waals surface area contributed by atoms with Crippen LogP contribution >= 0.6 is 0 Å². The zero-order valence-electron chi connectivity index (χ0n) is 15.1. The molecule has 0 bridgehead atoms. The van der Waals surface area contributed by atoms with Crippen LogP contribution in [-0.2, 0) is 16.6 Å². The number of benzene rings is 1. The summed E-state index contributed by atoms with van der Waals surface area (Å²) in [4.78, 5) is 8.67. The molecule has 25 heavy (non-hydrogen) atoms. The molecule has 0 saturated carbocycles. The van der Waals surface area contributed by atoms with Crippen molar-refractivity contribution >= 4 is 21.7 Å². The topological polar surface area (TPSA) is 86.8 Å². The second kappa shape index (κ2) is 8.11. The van der Waals surface area contributed by atoms with Gasteiger partial charge in [-0.25, -0.2) is 4.99 Å². The zero-order chi connectivity index (χ0) is 18.6. The molecule has 0 saturated heterocycles. The van der Waals surface area contributed by atoms with Crippen molar-refractivity contribution in [1.82, 2.24) is 4.98 Å². The first kappa shape index (κ1) is 18.9. The maximum Gasteiger partial charge on any atom is 0.190 e. The number of pyridine rings is 1. The molecule has 1 heterocycles. The summed E-state index contributed by atoms with van der Waals surface area (Å²) in [6.07, 6.45) is 1.71. The number of aromatic nitrogens is 1. The molecule has 1 unspecified atom stereocenters. The summed E-state index contributed by atoms with van der Waals surface area (Å²) in [5.74, 6) is 1.60. The van der Waals surface area contributed by atoms with Gasteiger partial charge in [-0.05, 0) is 32.4 Å². The second-order valence-corrected chi connectivity index (χ2v) is 7.04. The third-order valence-electron chi connectivity index (χ3n) is 3.90. The quantitative estimate of drug-likeness (QED) is 0.653. The lowest BCUT2D eigenvalue weighted by Gasteiger charge is -2.12. The van der Waals surface area contributed by atoms with Crippen molar-refractivity contribution in [2.24, 2.45) is 10.7 Å². The van der Waals surface area contributed by atoms with Crippen molar-refractivity contribution in [1.29, 1.82) is 0 Å². The monoisotopic (exact) mass is 361 g/mol. The number of nitrogens with zero attached hydrogens (tertiary/aromatic N) is 2. The van der Waals surface area contributed by atoms with Gasteiger partial charge >= 0.3 is 0 Å². The molecule has 2 N–H and O–H groups in total. The summed E-state index contributed by atoms with van der Waals surface area (Å²) < 4.78 is 23.1. The van der Waals surface area contributed by atoms with Gasteiger partial charge in [0.2, 0.25) is 0 Å². The van der Waals surface area contributed by atoms with Crippen LogP contribution in [0.4, 0.5) is 5.69 Å². The van der Waals surface area contributed by atoms with E-state index < -0.39 is 10.8 Å². The Morgan fingerprint density at radius 2 is 1.92 bits per heavy atom. The predicted molar refractivity (Wildman–Crippen MR) is 101 cm³/mol. The minimum Gasteiger partial charge on any atom is -0.497 e. The number of ether oxygens (including phenoxy) is 2. The van der Waals surface area contributed by atoms with Gasteiger partial charge in [0, 0.05) is 23.4 Å². The second-order valence-electron chi connectivity index (χ2n) is 5.64. The molecule has 7 heteroatoms. The minimum atomic E-state index is -1.49. The number of amidine groups is 1. The van der Waals surface area contributed by atoms with Gasteiger partial charge in [-0.3, -0.25) is 9.19 Å². The first-order valence-electron chi connectivity index (χ1n) is 7.73. The summed E-state index contributed by atoms with van der Waals surface area (Å²) in [5.41, 5.74) is 9.99. The van der Waals surface area contributed by atoms with Gasteiger partial charge in [-0.1, -0.05) is 6.07 Å². The van der Waals surface area contributed by atoms with Crippen molar-refractivity contribution in [2.75, 3.05) is 14.2 Å². The van der Waals surface area contributed by atoms with E-state index in [1.165, 1.54) is 0 Å². The Labute approximate surface area is 150 Å². The lowest BCUT2D eigenvalue weighted by atomic mass is 10.1. The average Bonchev–Trinajstić information content (AvgIpc) is 2.59. The van der Waals surface area contributed by atoms with Crippen molar-refractivity contribution < 1.29 is 13.7 Å². The molecule has 6 nitrogen and oxygen atoms in total. The Morgan fingerprint density at radius 1 is 1.20 bits per heavy atom. The fourth-order valence-corrected chi connectivity index (χ4v) is 3.31. The highest BCUT2D eigenvalue weighted by Gasteiger charge is 2.15. The summed E-state index contributed by atoms with van der Waals surface area (Å²) in [6.45, 7) is 5.72. The molecule has 2 rings (SSSR count). The molecule has 1 atom stereocenters. The number of hydrogen-bond donors (Lipinski definition) is 1. The van der Waals surface area contributed by atoms with Crippen LogP contribution in [0, 0.1) is 20.8 Å². The highest BCUT2D eigenvalue weighted by Crippen LogP contribution is 2.26. The number of hydrogen-bond acceptors (Lipinski definition) is 5. The fraction of sp³-hybridized carbons (Fsp3) is 0.333. The number of methoxy groups -OCH3 is 2. The maximum absolute atomic E-state index is 12.6. The summed E-state index contributed by atoms with van der Waals surface area (Å²) in [6, 6.07) is 5.48. The van der Waals surface area contributed by atoms with E-state index in [0.717, 1.165) is 22.4 Å². The summed E-state index contributed by atoms with van der Waals surface area (Å²) in [7, 11) is 1.70. The highest BCUT2D eigenvalue weighted by atomic mass is 32.2. The lowest BCUT2D eigenvalue weighted by molar-refractivity contribution is 0.407. The third kappa shape index (κ3) is 4.36. The van der Waals surface area contributed by atoms with E-state index in [0.29, 0.717) is 17.1 Å². The molecular weight excluding hydrogens is 338 g/mol. The third-order valence-corrected chi connectivity index (χ3v) is 4.99. The van der Waals surface area contributed by atoms with Crippen LogP contribution in [0.5, 0.6) is 11.5 Å². The molecule has 0 aliphatic heterocycles. The Hall–Kier alpha value is -2.41. The molecular formula is C18H23N3O3S. The molecule has 0 radical (unpaired) electrons. The average molecular weight is 361 g/mol. The molecule has 1 aromatic carbocycles. The number of aryl methyl sites for hydroxylation is 2.